The summed E-state index contributed by atoms with van der Waals surface area (Å²) in [4.78, 5) is 27.5. The first kappa shape index (κ1) is 9.64. The number of carbonyl (C=O) groups excluding carboxylic acids is 1. The Labute approximate surface area is 86.3 Å². The second-order valence-corrected chi connectivity index (χ2v) is 3.45. The Bertz CT molecular complexity index is 430. The molecule has 5 heteroatoms. The second kappa shape index (κ2) is 3.34. The first-order valence-corrected chi connectivity index (χ1v) is 4.56. The Morgan fingerprint density at radius 3 is 2.93 bits per heavy atom. The molecule has 0 bridgehead atoms. The SMILES string of the molecule is CC(=O)N1c2cnccc2CC1C(=O)O. The van der Waals surface area contributed by atoms with Crippen LogP contribution in [0.3, 0.4) is 0 Å². The van der Waals surface area contributed by atoms with Crippen LogP contribution in [0.15, 0.2) is 18.5 Å². The van der Waals surface area contributed by atoms with Crippen molar-refractivity contribution < 1.29 is 14.7 Å². The molecule has 78 valence electrons. The number of carbonyl (C=O) groups is 2. The topological polar surface area (TPSA) is 70.5 Å². The van der Waals surface area contributed by atoms with E-state index in [9.17, 15) is 9.59 Å². The average Bonchev–Trinajstić information content (AvgIpc) is 2.56. The van der Waals surface area contributed by atoms with E-state index in [0.717, 1.165) is 5.56 Å². The Balaban J connectivity index is 2.46. The molecule has 1 atom stereocenters. The van der Waals surface area contributed by atoms with Gasteiger partial charge in [-0.2, -0.15) is 0 Å². The van der Waals surface area contributed by atoms with Gasteiger partial charge in [0.05, 0.1) is 11.9 Å². The van der Waals surface area contributed by atoms with Gasteiger partial charge in [-0.1, -0.05) is 0 Å². The van der Waals surface area contributed by atoms with E-state index in [0.29, 0.717) is 12.1 Å². The first-order chi connectivity index (χ1) is 7.11. The highest BCUT2D eigenvalue weighted by Gasteiger charge is 2.36. The maximum absolute atomic E-state index is 11.4. The van der Waals surface area contributed by atoms with E-state index in [1.807, 2.05) is 0 Å². The van der Waals surface area contributed by atoms with Gasteiger partial charge < -0.3 is 5.11 Å². The number of anilines is 1. The van der Waals surface area contributed by atoms with Crippen LogP contribution in [0.4, 0.5) is 5.69 Å². The largest absolute Gasteiger partial charge is 0.480 e. The molecule has 15 heavy (non-hydrogen) atoms. The molecule has 1 aliphatic heterocycles. The molecule has 1 aromatic heterocycles. The molecule has 0 saturated carbocycles. The summed E-state index contributed by atoms with van der Waals surface area (Å²) in [6.07, 6.45) is 3.48. The van der Waals surface area contributed by atoms with Crippen molar-refractivity contribution in [2.75, 3.05) is 4.90 Å². The fourth-order valence-electron chi connectivity index (χ4n) is 1.86. The number of amides is 1. The van der Waals surface area contributed by atoms with Crippen LogP contribution in [0.5, 0.6) is 0 Å². The Morgan fingerprint density at radius 2 is 2.33 bits per heavy atom. The van der Waals surface area contributed by atoms with Crippen LogP contribution in [0.1, 0.15) is 12.5 Å². The molecule has 0 radical (unpaired) electrons. The number of pyridine rings is 1. The van der Waals surface area contributed by atoms with Gasteiger partial charge in [-0.15, -0.1) is 0 Å². The molecule has 0 spiro atoms. The molecule has 0 aromatic carbocycles. The molecular formula is C10H10N2O3. The standard InChI is InChI=1S/C10H10N2O3/c1-6(13)12-8(10(14)15)4-7-2-3-11-5-9(7)12/h2-3,5,8H,4H2,1H3,(H,14,15). The molecule has 2 heterocycles. The Kier molecular flexibility index (Phi) is 2.15. The molecule has 1 amide bonds. The number of rotatable bonds is 1. The maximum Gasteiger partial charge on any atom is 0.327 e. The number of aliphatic carboxylic acids is 1. The van der Waals surface area contributed by atoms with Gasteiger partial charge in [-0.05, 0) is 11.6 Å². The number of aromatic nitrogens is 1. The summed E-state index contributed by atoms with van der Waals surface area (Å²) in [5, 5.41) is 8.99. The quantitative estimate of drug-likeness (QED) is 0.724. The van der Waals surface area contributed by atoms with Gasteiger partial charge >= 0.3 is 5.97 Å². The lowest BCUT2D eigenvalue weighted by Gasteiger charge is -2.20. The van der Waals surface area contributed by atoms with Crippen LogP contribution in [0.2, 0.25) is 0 Å². The number of carboxylic acids is 1. The molecule has 0 fully saturated rings. The number of carboxylic acid groups (broad SMARTS) is 1. The van der Waals surface area contributed by atoms with Gasteiger partial charge in [0.2, 0.25) is 5.91 Å². The van der Waals surface area contributed by atoms with Crippen LogP contribution in [-0.2, 0) is 16.0 Å². The normalized spacial score (nSPS) is 18.7. The van der Waals surface area contributed by atoms with Gasteiger partial charge in [-0.25, -0.2) is 4.79 Å². The van der Waals surface area contributed by atoms with Gasteiger partial charge in [0.1, 0.15) is 6.04 Å². The molecule has 1 aromatic rings. The lowest BCUT2D eigenvalue weighted by atomic mass is 10.1. The highest BCUT2D eigenvalue weighted by Crippen LogP contribution is 2.31. The third-order valence-corrected chi connectivity index (χ3v) is 2.50. The summed E-state index contributed by atoms with van der Waals surface area (Å²) in [7, 11) is 0. The van der Waals surface area contributed by atoms with Crippen molar-refractivity contribution in [3.63, 3.8) is 0 Å². The molecule has 5 nitrogen and oxygen atoms in total. The zero-order chi connectivity index (χ0) is 11.0. The predicted octanol–water partition coefficient (Wildman–Crippen LogP) is 0.444. The maximum atomic E-state index is 11.4. The van der Waals surface area contributed by atoms with Gasteiger partial charge in [0, 0.05) is 19.5 Å². The summed E-state index contributed by atoms with van der Waals surface area (Å²) < 4.78 is 0. The minimum atomic E-state index is -0.985. The molecule has 0 aliphatic carbocycles. The van der Waals surface area contributed by atoms with Crippen molar-refractivity contribution in [3.8, 4) is 0 Å². The summed E-state index contributed by atoms with van der Waals surface area (Å²) in [6, 6.07) is 0.954. The van der Waals surface area contributed by atoms with Crippen molar-refractivity contribution >= 4 is 17.6 Å². The van der Waals surface area contributed by atoms with Crippen molar-refractivity contribution in [1.82, 2.24) is 4.98 Å². The van der Waals surface area contributed by atoms with Crippen molar-refractivity contribution in [1.29, 1.82) is 0 Å². The molecule has 0 saturated heterocycles. The van der Waals surface area contributed by atoms with Crippen LogP contribution in [0.25, 0.3) is 0 Å². The average molecular weight is 206 g/mol. The highest BCUT2D eigenvalue weighted by molar-refractivity contribution is 6.00. The summed E-state index contributed by atoms with van der Waals surface area (Å²) >= 11 is 0. The molecular weight excluding hydrogens is 196 g/mol. The minimum Gasteiger partial charge on any atom is -0.480 e. The van der Waals surface area contributed by atoms with E-state index in [1.165, 1.54) is 18.0 Å². The number of nitrogens with zero attached hydrogens (tertiary/aromatic N) is 2. The first-order valence-electron chi connectivity index (χ1n) is 4.56. The summed E-state index contributed by atoms with van der Waals surface area (Å²) in [6.45, 7) is 1.36. The summed E-state index contributed by atoms with van der Waals surface area (Å²) in [5.41, 5.74) is 1.46. The van der Waals surface area contributed by atoms with E-state index in [1.54, 1.807) is 12.3 Å². The van der Waals surface area contributed by atoms with E-state index in [2.05, 4.69) is 4.98 Å². The predicted molar refractivity (Wildman–Crippen MR) is 52.5 cm³/mol. The molecule has 1 N–H and O–H groups in total. The third-order valence-electron chi connectivity index (χ3n) is 2.50. The van der Waals surface area contributed by atoms with Crippen LogP contribution in [-0.4, -0.2) is 28.0 Å². The van der Waals surface area contributed by atoms with Crippen molar-refractivity contribution in [2.45, 2.75) is 19.4 Å². The van der Waals surface area contributed by atoms with Gasteiger partial charge in [0.15, 0.2) is 0 Å². The summed E-state index contributed by atoms with van der Waals surface area (Å²) in [5.74, 6) is -1.25. The lowest BCUT2D eigenvalue weighted by Crippen LogP contribution is -2.41. The van der Waals surface area contributed by atoms with Crippen LogP contribution < -0.4 is 4.90 Å². The molecule has 1 unspecified atom stereocenters. The van der Waals surface area contributed by atoms with Gasteiger partial charge in [0.25, 0.3) is 0 Å². The number of hydrogen-bond acceptors (Lipinski definition) is 3. The van der Waals surface area contributed by atoms with Crippen LogP contribution >= 0.6 is 0 Å². The fraction of sp³-hybridized carbons (Fsp3) is 0.300. The fourth-order valence-corrected chi connectivity index (χ4v) is 1.86. The lowest BCUT2D eigenvalue weighted by molar-refractivity contribution is -0.139. The van der Waals surface area contributed by atoms with Gasteiger partial charge in [-0.3, -0.25) is 14.7 Å². The van der Waals surface area contributed by atoms with Crippen molar-refractivity contribution in [3.05, 3.63) is 24.0 Å². The Hall–Kier alpha value is -1.91. The van der Waals surface area contributed by atoms with Crippen molar-refractivity contribution in [2.24, 2.45) is 0 Å². The molecule has 2 rings (SSSR count). The van der Waals surface area contributed by atoms with E-state index in [4.69, 9.17) is 5.11 Å². The number of hydrogen-bond donors (Lipinski definition) is 1. The zero-order valence-corrected chi connectivity index (χ0v) is 8.17. The number of fused-ring (bicyclic) bond motifs is 1. The zero-order valence-electron chi connectivity index (χ0n) is 8.17. The smallest absolute Gasteiger partial charge is 0.327 e. The van der Waals surface area contributed by atoms with E-state index in [-0.39, 0.29) is 5.91 Å². The monoisotopic (exact) mass is 206 g/mol. The highest BCUT2D eigenvalue weighted by atomic mass is 16.4. The second-order valence-electron chi connectivity index (χ2n) is 3.45. The van der Waals surface area contributed by atoms with E-state index < -0.39 is 12.0 Å². The van der Waals surface area contributed by atoms with E-state index >= 15 is 0 Å². The molecule has 1 aliphatic rings. The Morgan fingerprint density at radius 1 is 1.60 bits per heavy atom. The third kappa shape index (κ3) is 1.45. The minimum absolute atomic E-state index is 0.269. The van der Waals surface area contributed by atoms with Crippen LogP contribution in [0, 0.1) is 0 Å².